The van der Waals surface area contributed by atoms with Gasteiger partial charge in [-0.25, -0.2) is 9.18 Å². The molecule has 132 valence electrons. The summed E-state index contributed by atoms with van der Waals surface area (Å²) in [6.45, 7) is 0. The molecule has 0 spiro atoms. The highest BCUT2D eigenvalue weighted by Gasteiger charge is 2.18. The molecule has 0 aliphatic heterocycles. The molecule has 0 radical (unpaired) electrons. The van der Waals surface area contributed by atoms with Gasteiger partial charge in [0.15, 0.2) is 4.34 Å². The number of hydrogen-bond donors (Lipinski definition) is 1. The van der Waals surface area contributed by atoms with E-state index in [4.69, 9.17) is 0 Å². The molecule has 0 saturated heterocycles. The second-order valence-corrected chi connectivity index (χ2v) is 7.32. The van der Waals surface area contributed by atoms with E-state index in [2.05, 4.69) is 15.5 Å². The molecule has 26 heavy (non-hydrogen) atoms. The molecule has 1 N–H and O–H groups in total. The summed E-state index contributed by atoms with van der Waals surface area (Å²) in [6.07, 6.45) is 0. The smallest absolute Gasteiger partial charge is 0.330 e. The fraction of sp³-hybridized carbons (Fsp3) is 0.133. The van der Waals surface area contributed by atoms with Gasteiger partial charge in [-0.15, -0.1) is 10.2 Å². The monoisotopic (exact) mass is 390 g/mol. The van der Waals surface area contributed by atoms with E-state index < -0.39 is 11.2 Å². The lowest BCUT2D eigenvalue weighted by Gasteiger charge is -2.09. The number of anilines is 2. The first-order valence-corrected chi connectivity index (χ1v) is 8.78. The Morgan fingerprint density at radius 2 is 2.04 bits per heavy atom. The van der Waals surface area contributed by atoms with Gasteiger partial charge in [-0.1, -0.05) is 17.4 Å². The first kappa shape index (κ1) is 17.8. The van der Waals surface area contributed by atoms with Crippen LogP contribution in [0, 0.1) is 17.1 Å². The highest BCUT2D eigenvalue weighted by molar-refractivity contribution is 8.01. The number of hydrogen-bond acceptors (Lipinski definition) is 8. The standard InChI is InChI=1S/C15H11FN6O2S2/c1-21-11(23)10(7-17)12(22(2)15(21)24)25-14-20-19-13(26-14)18-9-5-3-4-8(16)6-9/h3-6H,1-2H3,(H,18,19). The van der Waals surface area contributed by atoms with Crippen molar-refractivity contribution in [2.45, 2.75) is 9.37 Å². The number of rotatable bonds is 4. The van der Waals surface area contributed by atoms with E-state index in [9.17, 15) is 19.2 Å². The Morgan fingerprint density at radius 3 is 2.73 bits per heavy atom. The molecule has 2 heterocycles. The zero-order chi connectivity index (χ0) is 18.8. The number of halogens is 1. The van der Waals surface area contributed by atoms with Gasteiger partial charge in [0, 0.05) is 19.8 Å². The van der Waals surface area contributed by atoms with Crippen LogP contribution in [0.5, 0.6) is 0 Å². The van der Waals surface area contributed by atoms with E-state index in [0.29, 0.717) is 15.2 Å². The topological polar surface area (TPSA) is 106 Å². The Balaban J connectivity index is 1.92. The van der Waals surface area contributed by atoms with Crippen LogP contribution in [-0.2, 0) is 14.1 Å². The van der Waals surface area contributed by atoms with E-state index in [1.54, 1.807) is 12.1 Å². The number of aromatic nitrogens is 4. The van der Waals surface area contributed by atoms with Gasteiger partial charge >= 0.3 is 5.69 Å². The molecule has 0 atom stereocenters. The Bertz CT molecular complexity index is 1140. The Morgan fingerprint density at radius 1 is 1.27 bits per heavy atom. The first-order chi connectivity index (χ1) is 12.4. The summed E-state index contributed by atoms with van der Waals surface area (Å²) in [5, 5.41) is 20.7. The maximum absolute atomic E-state index is 13.2. The third kappa shape index (κ3) is 3.37. The van der Waals surface area contributed by atoms with Crippen molar-refractivity contribution < 1.29 is 4.39 Å². The van der Waals surface area contributed by atoms with E-state index in [1.807, 2.05) is 6.07 Å². The minimum atomic E-state index is -0.666. The molecule has 0 fully saturated rings. The molecule has 8 nitrogen and oxygen atoms in total. The zero-order valence-electron chi connectivity index (χ0n) is 13.6. The average Bonchev–Trinajstić information content (AvgIpc) is 3.05. The highest BCUT2D eigenvalue weighted by Crippen LogP contribution is 2.33. The summed E-state index contributed by atoms with van der Waals surface area (Å²) in [5.74, 6) is -0.386. The predicted octanol–water partition coefficient (Wildman–Crippen LogP) is 1.84. The summed E-state index contributed by atoms with van der Waals surface area (Å²) in [5.41, 5.74) is -0.842. The summed E-state index contributed by atoms with van der Waals surface area (Å²) in [4.78, 5) is 24.2. The van der Waals surface area contributed by atoms with Gasteiger partial charge in [0.2, 0.25) is 5.13 Å². The second-order valence-electron chi connectivity index (χ2n) is 5.11. The molecule has 3 rings (SSSR count). The minimum Gasteiger partial charge on any atom is -0.330 e. The van der Waals surface area contributed by atoms with Crippen LogP contribution >= 0.6 is 23.1 Å². The van der Waals surface area contributed by atoms with Crippen molar-refractivity contribution in [3.05, 3.63) is 56.5 Å². The molecule has 0 amide bonds. The van der Waals surface area contributed by atoms with Crippen molar-refractivity contribution in [1.29, 1.82) is 5.26 Å². The van der Waals surface area contributed by atoms with Gasteiger partial charge < -0.3 is 5.32 Å². The van der Waals surface area contributed by atoms with Gasteiger partial charge in [-0.2, -0.15) is 5.26 Å². The molecule has 0 aliphatic carbocycles. The van der Waals surface area contributed by atoms with Crippen molar-refractivity contribution >= 4 is 33.9 Å². The predicted molar refractivity (Wildman–Crippen MR) is 95.4 cm³/mol. The van der Waals surface area contributed by atoms with E-state index in [-0.39, 0.29) is 16.4 Å². The van der Waals surface area contributed by atoms with Crippen LogP contribution in [-0.4, -0.2) is 19.3 Å². The molecule has 0 unspecified atom stereocenters. The van der Waals surface area contributed by atoms with Gasteiger partial charge in [-0.3, -0.25) is 13.9 Å². The van der Waals surface area contributed by atoms with Gasteiger partial charge in [0.1, 0.15) is 22.5 Å². The number of nitrogens with one attached hydrogen (secondary N) is 1. The third-order valence-electron chi connectivity index (χ3n) is 3.39. The molecular weight excluding hydrogens is 379 g/mol. The molecule has 0 saturated carbocycles. The van der Waals surface area contributed by atoms with Crippen molar-refractivity contribution in [2.75, 3.05) is 5.32 Å². The minimum absolute atomic E-state index is 0.144. The van der Waals surface area contributed by atoms with E-state index in [1.165, 1.54) is 30.8 Å². The summed E-state index contributed by atoms with van der Waals surface area (Å²) >= 11 is 2.14. The van der Waals surface area contributed by atoms with Crippen molar-refractivity contribution in [1.82, 2.24) is 19.3 Å². The van der Waals surface area contributed by atoms with Crippen LogP contribution in [0.2, 0.25) is 0 Å². The van der Waals surface area contributed by atoms with E-state index >= 15 is 0 Å². The zero-order valence-corrected chi connectivity index (χ0v) is 15.2. The van der Waals surface area contributed by atoms with Crippen molar-refractivity contribution in [3.63, 3.8) is 0 Å². The molecule has 0 aliphatic rings. The maximum atomic E-state index is 13.2. The lowest BCUT2D eigenvalue weighted by atomic mass is 10.3. The van der Waals surface area contributed by atoms with Gasteiger partial charge in [-0.05, 0) is 30.0 Å². The molecule has 2 aromatic heterocycles. The van der Waals surface area contributed by atoms with Crippen LogP contribution in [0.15, 0.2) is 43.2 Å². The molecule has 0 bridgehead atoms. The molecule has 11 heteroatoms. The Kier molecular flexibility index (Phi) is 4.88. The van der Waals surface area contributed by atoms with Crippen LogP contribution in [0.1, 0.15) is 5.56 Å². The van der Waals surface area contributed by atoms with Crippen LogP contribution in [0.3, 0.4) is 0 Å². The number of nitriles is 1. The average molecular weight is 390 g/mol. The molecule has 3 aromatic rings. The normalized spacial score (nSPS) is 10.5. The SMILES string of the molecule is Cn1c(Sc2nnc(Nc3cccc(F)c3)s2)c(C#N)c(=O)n(C)c1=O. The summed E-state index contributed by atoms with van der Waals surface area (Å²) in [7, 11) is 2.78. The summed E-state index contributed by atoms with van der Waals surface area (Å²) < 4.78 is 15.7. The molecular formula is C15H11FN6O2S2. The largest absolute Gasteiger partial charge is 0.331 e. The van der Waals surface area contributed by atoms with Crippen LogP contribution in [0.25, 0.3) is 0 Å². The van der Waals surface area contributed by atoms with Crippen molar-refractivity contribution in [2.24, 2.45) is 14.1 Å². The second kappa shape index (κ2) is 7.11. The van der Waals surface area contributed by atoms with Gasteiger partial charge in [0.25, 0.3) is 5.56 Å². The quantitative estimate of drug-likeness (QED) is 0.678. The third-order valence-corrected chi connectivity index (χ3v) is 5.45. The van der Waals surface area contributed by atoms with Crippen LogP contribution in [0.4, 0.5) is 15.2 Å². The lowest BCUT2D eigenvalue weighted by Crippen LogP contribution is -2.39. The fourth-order valence-corrected chi connectivity index (χ4v) is 3.95. The lowest BCUT2D eigenvalue weighted by molar-refractivity contribution is 0.628. The number of benzene rings is 1. The maximum Gasteiger partial charge on any atom is 0.331 e. The Labute approximate surface area is 154 Å². The Hall–Kier alpha value is -2.97. The number of nitrogens with zero attached hydrogens (tertiary/aromatic N) is 5. The van der Waals surface area contributed by atoms with E-state index in [0.717, 1.165) is 27.7 Å². The fourth-order valence-electron chi connectivity index (χ4n) is 2.11. The highest BCUT2D eigenvalue weighted by atomic mass is 32.2. The van der Waals surface area contributed by atoms with Crippen LogP contribution < -0.4 is 16.6 Å². The van der Waals surface area contributed by atoms with Crippen molar-refractivity contribution in [3.8, 4) is 6.07 Å². The van der Waals surface area contributed by atoms with Gasteiger partial charge in [0.05, 0.1) is 0 Å². The molecule has 1 aromatic carbocycles. The summed E-state index contributed by atoms with van der Waals surface area (Å²) in [6, 6.07) is 7.70. The first-order valence-electron chi connectivity index (χ1n) is 7.14.